The second-order valence-electron chi connectivity index (χ2n) is 5.48. The molecule has 0 saturated carbocycles. The van der Waals surface area contributed by atoms with E-state index in [9.17, 15) is 4.79 Å². The van der Waals surface area contributed by atoms with Gasteiger partial charge in [0.25, 0.3) is 0 Å². The van der Waals surface area contributed by atoms with E-state index in [-0.39, 0.29) is 5.78 Å². The Hall–Kier alpha value is -1.81. The van der Waals surface area contributed by atoms with Crippen molar-refractivity contribution in [1.29, 1.82) is 0 Å². The van der Waals surface area contributed by atoms with E-state index in [0.717, 1.165) is 31.7 Å². The fourth-order valence-electron chi connectivity index (χ4n) is 2.21. The first-order valence-corrected chi connectivity index (χ1v) is 6.99. The Balaban J connectivity index is 2.01. The Morgan fingerprint density at radius 1 is 1.10 bits per heavy atom. The van der Waals surface area contributed by atoms with Crippen molar-refractivity contribution in [1.82, 2.24) is 9.80 Å². The van der Waals surface area contributed by atoms with Crippen molar-refractivity contribution in [2.75, 3.05) is 52.2 Å². The second-order valence-corrected chi connectivity index (χ2v) is 5.48. The van der Waals surface area contributed by atoms with Crippen LogP contribution in [-0.4, -0.2) is 62.9 Å². The maximum Gasteiger partial charge on any atom is 0.187 e. The third-order valence-corrected chi connectivity index (χ3v) is 3.54. The molecule has 4 nitrogen and oxygen atoms in total. The number of hydrogen-bond acceptors (Lipinski definition) is 4. The summed E-state index contributed by atoms with van der Waals surface area (Å²) < 4.78 is 0. The molecule has 108 valence electrons. The van der Waals surface area contributed by atoms with Crippen LogP contribution in [0.5, 0.6) is 0 Å². The van der Waals surface area contributed by atoms with Gasteiger partial charge in [0.2, 0.25) is 0 Å². The number of ketones is 1. The molecule has 1 heterocycles. The average Bonchev–Trinajstić information content (AvgIpc) is 2.46. The van der Waals surface area contributed by atoms with Crippen LogP contribution >= 0.6 is 0 Å². The number of benzene rings is 1. The van der Waals surface area contributed by atoms with E-state index in [2.05, 4.69) is 16.8 Å². The highest BCUT2D eigenvalue weighted by atomic mass is 16.1. The van der Waals surface area contributed by atoms with Gasteiger partial charge in [-0.2, -0.15) is 0 Å². The molecular formula is C16H23N3O. The molecule has 1 fully saturated rings. The first-order chi connectivity index (χ1) is 9.56. The third-order valence-electron chi connectivity index (χ3n) is 3.54. The fourth-order valence-corrected chi connectivity index (χ4v) is 2.21. The lowest BCUT2D eigenvalue weighted by molar-refractivity contribution is 0.104. The summed E-state index contributed by atoms with van der Waals surface area (Å²) >= 11 is 0. The van der Waals surface area contributed by atoms with Gasteiger partial charge >= 0.3 is 0 Å². The molecule has 2 rings (SSSR count). The lowest BCUT2D eigenvalue weighted by Crippen LogP contribution is -2.44. The SMILES string of the molecule is CN(C)/C=C/C(=O)c1ccc(N2CCN(C)CC2)cc1. The lowest BCUT2D eigenvalue weighted by Gasteiger charge is -2.34. The molecule has 1 aliphatic heterocycles. The molecule has 1 aliphatic rings. The number of likely N-dealkylation sites (N-methyl/N-ethyl adjacent to an activating group) is 1. The number of allylic oxidation sites excluding steroid dienone is 1. The summed E-state index contributed by atoms with van der Waals surface area (Å²) in [5, 5.41) is 0. The molecule has 20 heavy (non-hydrogen) atoms. The minimum atomic E-state index is 0.0450. The van der Waals surface area contributed by atoms with Gasteiger partial charge in [0.05, 0.1) is 0 Å². The van der Waals surface area contributed by atoms with Crippen LogP contribution in [0, 0.1) is 0 Å². The molecule has 0 bridgehead atoms. The standard InChI is InChI=1S/C16H23N3O/c1-17(2)9-8-16(20)14-4-6-15(7-5-14)19-12-10-18(3)11-13-19/h4-9H,10-13H2,1-3H3/b9-8+. The summed E-state index contributed by atoms with van der Waals surface area (Å²) in [4.78, 5) is 18.5. The first kappa shape index (κ1) is 14.6. The van der Waals surface area contributed by atoms with Crippen molar-refractivity contribution in [2.24, 2.45) is 0 Å². The highest BCUT2D eigenvalue weighted by Crippen LogP contribution is 2.17. The van der Waals surface area contributed by atoms with Crippen LogP contribution < -0.4 is 4.90 Å². The second kappa shape index (κ2) is 6.57. The minimum absolute atomic E-state index is 0.0450. The summed E-state index contributed by atoms with van der Waals surface area (Å²) in [6, 6.07) is 7.91. The van der Waals surface area contributed by atoms with E-state index in [1.807, 2.05) is 43.3 Å². The molecule has 0 radical (unpaired) electrons. The Morgan fingerprint density at radius 3 is 2.25 bits per heavy atom. The van der Waals surface area contributed by atoms with Crippen molar-refractivity contribution in [2.45, 2.75) is 0 Å². The number of hydrogen-bond donors (Lipinski definition) is 0. The molecule has 0 unspecified atom stereocenters. The summed E-state index contributed by atoms with van der Waals surface area (Å²) in [5.74, 6) is 0.0450. The quantitative estimate of drug-likeness (QED) is 0.616. The zero-order valence-electron chi connectivity index (χ0n) is 12.5. The van der Waals surface area contributed by atoms with Crippen LogP contribution in [0.3, 0.4) is 0 Å². The lowest BCUT2D eigenvalue weighted by atomic mass is 10.1. The van der Waals surface area contributed by atoms with Crippen molar-refractivity contribution in [3.63, 3.8) is 0 Å². The Kier molecular flexibility index (Phi) is 4.79. The zero-order valence-corrected chi connectivity index (χ0v) is 12.5. The predicted octanol–water partition coefficient (Wildman–Crippen LogP) is 1.70. The van der Waals surface area contributed by atoms with Crippen LogP contribution in [0.1, 0.15) is 10.4 Å². The molecule has 1 aromatic rings. The third kappa shape index (κ3) is 3.84. The van der Waals surface area contributed by atoms with Gasteiger partial charge in [-0.3, -0.25) is 4.79 Å². The van der Waals surface area contributed by atoms with Crippen molar-refractivity contribution in [3.8, 4) is 0 Å². The molecule has 0 spiro atoms. The Labute approximate surface area is 121 Å². The van der Waals surface area contributed by atoms with Crippen molar-refractivity contribution < 1.29 is 4.79 Å². The molecule has 1 aromatic carbocycles. The Bertz CT molecular complexity index is 471. The average molecular weight is 273 g/mol. The topological polar surface area (TPSA) is 26.8 Å². The van der Waals surface area contributed by atoms with Gasteiger partial charge in [-0.15, -0.1) is 0 Å². The van der Waals surface area contributed by atoms with E-state index >= 15 is 0 Å². The van der Waals surface area contributed by atoms with Gasteiger partial charge in [-0.05, 0) is 31.3 Å². The van der Waals surface area contributed by atoms with Gasteiger partial charge < -0.3 is 14.7 Å². The van der Waals surface area contributed by atoms with Crippen LogP contribution in [0.15, 0.2) is 36.5 Å². The summed E-state index contributed by atoms with van der Waals surface area (Å²) in [5.41, 5.74) is 1.94. The normalized spacial score (nSPS) is 16.6. The number of carbonyl (C=O) groups excluding carboxylic acids is 1. The van der Waals surface area contributed by atoms with E-state index < -0.39 is 0 Å². The van der Waals surface area contributed by atoms with E-state index in [0.29, 0.717) is 0 Å². The highest BCUT2D eigenvalue weighted by molar-refractivity contribution is 6.04. The molecule has 0 aliphatic carbocycles. The summed E-state index contributed by atoms with van der Waals surface area (Å²) in [7, 11) is 5.96. The van der Waals surface area contributed by atoms with Gasteiger partial charge in [0.1, 0.15) is 0 Å². The highest BCUT2D eigenvalue weighted by Gasteiger charge is 2.14. The number of nitrogens with zero attached hydrogens (tertiary/aromatic N) is 3. The van der Waals surface area contributed by atoms with Crippen LogP contribution in [0.4, 0.5) is 5.69 Å². The number of rotatable bonds is 4. The fraction of sp³-hybridized carbons (Fsp3) is 0.438. The monoisotopic (exact) mass is 273 g/mol. The predicted molar refractivity (Wildman–Crippen MR) is 83.3 cm³/mol. The summed E-state index contributed by atoms with van der Waals surface area (Å²) in [6.07, 6.45) is 3.38. The molecule has 0 N–H and O–H groups in total. The van der Waals surface area contributed by atoms with Crippen LogP contribution in [-0.2, 0) is 0 Å². The van der Waals surface area contributed by atoms with Crippen LogP contribution in [0.25, 0.3) is 0 Å². The Morgan fingerprint density at radius 2 is 1.70 bits per heavy atom. The largest absolute Gasteiger partial charge is 0.383 e. The van der Waals surface area contributed by atoms with Crippen molar-refractivity contribution >= 4 is 11.5 Å². The molecule has 0 aromatic heterocycles. The number of anilines is 1. The van der Waals surface area contributed by atoms with Gasteiger partial charge in [-0.25, -0.2) is 0 Å². The smallest absolute Gasteiger partial charge is 0.187 e. The molecule has 1 saturated heterocycles. The number of carbonyl (C=O) groups is 1. The van der Waals surface area contributed by atoms with E-state index in [4.69, 9.17) is 0 Å². The minimum Gasteiger partial charge on any atom is -0.383 e. The summed E-state index contributed by atoms with van der Waals surface area (Å²) in [6.45, 7) is 4.27. The molecular weight excluding hydrogens is 250 g/mol. The molecule has 4 heteroatoms. The molecule has 0 amide bonds. The van der Waals surface area contributed by atoms with Gasteiger partial charge in [0, 0.05) is 63.8 Å². The van der Waals surface area contributed by atoms with E-state index in [1.54, 1.807) is 12.3 Å². The van der Waals surface area contributed by atoms with Crippen molar-refractivity contribution in [3.05, 3.63) is 42.1 Å². The van der Waals surface area contributed by atoms with Gasteiger partial charge in [0.15, 0.2) is 5.78 Å². The van der Waals surface area contributed by atoms with Gasteiger partial charge in [-0.1, -0.05) is 0 Å². The maximum atomic E-state index is 11.9. The van der Waals surface area contributed by atoms with Crippen LogP contribution in [0.2, 0.25) is 0 Å². The zero-order chi connectivity index (χ0) is 14.5. The maximum absolute atomic E-state index is 11.9. The van der Waals surface area contributed by atoms with E-state index in [1.165, 1.54) is 5.69 Å². The molecule has 0 atom stereocenters. The number of piperazine rings is 1. The first-order valence-electron chi connectivity index (χ1n) is 6.99.